The van der Waals surface area contributed by atoms with Gasteiger partial charge in [-0.15, -0.1) is 11.8 Å². The summed E-state index contributed by atoms with van der Waals surface area (Å²) in [7, 11) is -4.97. The van der Waals surface area contributed by atoms with Gasteiger partial charge in [0.1, 0.15) is 5.25 Å². The maximum atomic E-state index is 10.8. The highest BCUT2D eigenvalue weighted by atomic mass is 32.2. The summed E-state index contributed by atoms with van der Waals surface area (Å²) >= 11 is 0.675. The lowest BCUT2D eigenvalue weighted by molar-refractivity contribution is -0.142. The van der Waals surface area contributed by atoms with E-state index in [1.807, 2.05) is 0 Å². The summed E-state index contributed by atoms with van der Waals surface area (Å²) in [6, 6.07) is 0. The second-order valence-corrected chi connectivity index (χ2v) is 5.74. The Morgan fingerprint density at radius 1 is 1.27 bits per heavy atom. The van der Waals surface area contributed by atoms with Crippen LogP contribution in [0.25, 0.3) is 0 Å². The summed E-state index contributed by atoms with van der Waals surface area (Å²) in [5, 5.41) is 15.6. The van der Waals surface area contributed by atoms with Crippen molar-refractivity contribution in [2.45, 2.75) is 17.8 Å². The van der Waals surface area contributed by atoms with Gasteiger partial charge in [0, 0.05) is 0 Å². The van der Waals surface area contributed by atoms with E-state index in [2.05, 4.69) is 0 Å². The van der Waals surface area contributed by atoms with Crippen molar-refractivity contribution in [3.8, 4) is 0 Å². The van der Waals surface area contributed by atoms with Gasteiger partial charge in [0.2, 0.25) is 0 Å². The van der Waals surface area contributed by atoms with Crippen LogP contribution < -0.4 is 0 Å². The predicted molar refractivity (Wildman–Crippen MR) is 53.0 cm³/mol. The Morgan fingerprint density at radius 3 is 1.93 bits per heavy atom. The number of thioether (sulfide) groups is 1. The monoisotopic (exact) mass is 258 g/mol. The lowest BCUT2D eigenvalue weighted by atomic mass is 10.3. The van der Waals surface area contributed by atoms with Gasteiger partial charge in [0.15, 0.2) is 5.66 Å². The summed E-state index contributed by atoms with van der Waals surface area (Å²) in [6.45, 7) is 1.57. The Balaban J connectivity index is 5.11. The summed E-state index contributed by atoms with van der Waals surface area (Å²) < 4.78 is 10.8. The third-order valence-corrected chi connectivity index (χ3v) is 4.10. The van der Waals surface area contributed by atoms with Crippen molar-refractivity contribution in [3.05, 3.63) is 0 Å². The summed E-state index contributed by atoms with van der Waals surface area (Å²) in [6.07, 6.45) is 0. The maximum absolute atomic E-state index is 10.8. The van der Waals surface area contributed by atoms with Crippen molar-refractivity contribution in [1.29, 1.82) is 0 Å². The number of rotatable bonds is 6. The van der Waals surface area contributed by atoms with Crippen molar-refractivity contribution >= 4 is 31.3 Å². The van der Waals surface area contributed by atoms with E-state index in [0.717, 1.165) is 0 Å². The molecule has 2 atom stereocenters. The third kappa shape index (κ3) is 4.21. The molecule has 0 aromatic carbocycles. The quantitative estimate of drug-likeness (QED) is 0.482. The Bertz CT molecular complexity index is 298. The molecule has 2 unspecified atom stereocenters. The van der Waals surface area contributed by atoms with E-state index < -0.39 is 30.4 Å². The van der Waals surface area contributed by atoms with Gasteiger partial charge in [0.05, 0.1) is 0 Å². The highest BCUT2D eigenvalue weighted by molar-refractivity contribution is 8.00. The second kappa shape index (κ2) is 5.50. The molecule has 4 N–H and O–H groups in total. The zero-order valence-electron chi connectivity index (χ0n) is 7.73. The Labute approximate surface area is 89.6 Å². The Hall–Kier alpha value is -0.560. The molecular formula is C6H11O7PS. The van der Waals surface area contributed by atoms with E-state index >= 15 is 0 Å². The minimum Gasteiger partial charge on any atom is -0.481 e. The standard InChI is InChI=1S/C6H11O7PS/c1-2-15-4(6(9)10)3(5(7)8)14(11,12)13/h3-4H,2H2,1H3,(H,7,8)(H,9,10)(H2,11,12,13). The summed E-state index contributed by atoms with van der Waals surface area (Å²) in [4.78, 5) is 38.7. The van der Waals surface area contributed by atoms with Crippen LogP contribution in [0.4, 0.5) is 0 Å². The van der Waals surface area contributed by atoms with Gasteiger partial charge < -0.3 is 20.0 Å². The molecule has 0 aromatic rings. The SMILES string of the molecule is CCSC(C(=O)O)C(C(=O)O)P(=O)(O)O. The summed E-state index contributed by atoms with van der Waals surface area (Å²) in [5.74, 6) is -3.10. The van der Waals surface area contributed by atoms with E-state index in [1.165, 1.54) is 0 Å². The van der Waals surface area contributed by atoms with Crippen molar-refractivity contribution in [1.82, 2.24) is 0 Å². The molecular weight excluding hydrogens is 247 g/mol. The van der Waals surface area contributed by atoms with Gasteiger partial charge in [-0.05, 0) is 5.75 Å². The zero-order chi connectivity index (χ0) is 12.2. The van der Waals surface area contributed by atoms with Crippen LogP contribution in [0.5, 0.6) is 0 Å². The van der Waals surface area contributed by atoms with Gasteiger partial charge in [-0.2, -0.15) is 0 Å². The van der Waals surface area contributed by atoms with E-state index in [4.69, 9.17) is 20.0 Å². The minimum atomic E-state index is -4.97. The van der Waals surface area contributed by atoms with Crippen LogP contribution in [-0.4, -0.2) is 48.6 Å². The van der Waals surface area contributed by atoms with Crippen LogP contribution >= 0.6 is 19.4 Å². The molecule has 0 heterocycles. The van der Waals surface area contributed by atoms with Gasteiger partial charge in [-0.1, -0.05) is 6.92 Å². The molecule has 9 heteroatoms. The lowest BCUT2D eigenvalue weighted by Gasteiger charge is -2.20. The van der Waals surface area contributed by atoms with Gasteiger partial charge >= 0.3 is 19.5 Å². The lowest BCUT2D eigenvalue weighted by Crippen LogP contribution is -2.37. The van der Waals surface area contributed by atoms with Gasteiger partial charge in [-0.25, -0.2) is 0 Å². The number of carbonyl (C=O) groups is 2. The Morgan fingerprint density at radius 2 is 1.73 bits per heavy atom. The van der Waals surface area contributed by atoms with Crippen molar-refractivity contribution in [2.75, 3.05) is 5.75 Å². The molecule has 88 valence electrons. The number of hydrogen-bond acceptors (Lipinski definition) is 4. The highest BCUT2D eigenvalue weighted by Gasteiger charge is 2.46. The van der Waals surface area contributed by atoms with Crippen LogP contribution in [0.3, 0.4) is 0 Å². The third-order valence-electron chi connectivity index (χ3n) is 1.49. The molecule has 0 amide bonds. The van der Waals surface area contributed by atoms with E-state index in [0.29, 0.717) is 11.8 Å². The average Bonchev–Trinajstić information content (AvgIpc) is 1.99. The van der Waals surface area contributed by atoms with Crippen LogP contribution in [0.1, 0.15) is 6.92 Å². The number of hydrogen-bond donors (Lipinski definition) is 4. The fourth-order valence-corrected chi connectivity index (χ4v) is 3.23. The molecule has 0 saturated carbocycles. The number of carboxylic acid groups (broad SMARTS) is 2. The first-order chi connectivity index (χ1) is 6.71. The molecule has 0 bridgehead atoms. The normalized spacial score (nSPS) is 15.7. The molecule has 0 spiro atoms. The number of aliphatic carboxylic acids is 2. The van der Waals surface area contributed by atoms with Crippen LogP contribution in [-0.2, 0) is 14.2 Å². The first-order valence-corrected chi connectivity index (χ1v) is 6.57. The predicted octanol–water partition coefficient (Wildman–Crippen LogP) is -0.176. The minimum absolute atomic E-state index is 0.251. The molecule has 0 aromatic heterocycles. The van der Waals surface area contributed by atoms with Crippen molar-refractivity contribution in [2.24, 2.45) is 0 Å². The van der Waals surface area contributed by atoms with Crippen LogP contribution in [0.2, 0.25) is 0 Å². The first-order valence-electron chi connectivity index (χ1n) is 3.84. The Kier molecular flexibility index (Phi) is 5.30. The fourth-order valence-electron chi connectivity index (χ4n) is 0.927. The largest absolute Gasteiger partial charge is 0.481 e. The molecule has 0 aliphatic rings. The van der Waals surface area contributed by atoms with E-state index in [-0.39, 0.29) is 5.75 Å². The fraction of sp³-hybridized carbons (Fsp3) is 0.667. The summed E-state index contributed by atoms with van der Waals surface area (Å²) in [5.41, 5.74) is -2.21. The molecule has 0 aliphatic carbocycles. The number of carboxylic acids is 2. The van der Waals surface area contributed by atoms with Gasteiger partial charge in [-0.3, -0.25) is 14.2 Å². The molecule has 0 fully saturated rings. The maximum Gasteiger partial charge on any atom is 0.341 e. The highest BCUT2D eigenvalue weighted by Crippen LogP contribution is 2.46. The van der Waals surface area contributed by atoms with Crippen molar-refractivity contribution < 1.29 is 34.2 Å². The average molecular weight is 258 g/mol. The van der Waals surface area contributed by atoms with Crippen LogP contribution in [0.15, 0.2) is 0 Å². The first kappa shape index (κ1) is 14.4. The topological polar surface area (TPSA) is 132 Å². The molecule has 15 heavy (non-hydrogen) atoms. The van der Waals surface area contributed by atoms with Crippen LogP contribution in [0, 0.1) is 0 Å². The second-order valence-electron chi connectivity index (χ2n) is 2.59. The van der Waals surface area contributed by atoms with Gasteiger partial charge in [0.25, 0.3) is 0 Å². The molecule has 7 nitrogen and oxygen atoms in total. The molecule has 0 rings (SSSR count). The van der Waals surface area contributed by atoms with E-state index in [9.17, 15) is 14.2 Å². The van der Waals surface area contributed by atoms with Crippen molar-refractivity contribution in [3.63, 3.8) is 0 Å². The smallest absolute Gasteiger partial charge is 0.341 e. The molecule has 0 saturated heterocycles. The molecule has 0 radical (unpaired) electrons. The molecule has 0 aliphatic heterocycles. The zero-order valence-corrected chi connectivity index (χ0v) is 9.44. The van der Waals surface area contributed by atoms with E-state index in [1.54, 1.807) is 6.92 Å².